The largest absolute Gasteiger partial charge is 0.489 e. The minimum absolute atomic E-state index is 0.225. The maximum atomic E-state index is 6.06. The average Bonchev–Trinajstić information content (AvgIpc) is 3.44. The Kier molecular flexibility index (Phi) is 4.57. The van der Waals surface area contributed by atoms with Crippen molar-refractivity contribution in [2.45, 2.75) is 13.0 Å². The van der Waals surface area contributed by atoms with Crippen molar-refractivity contribution in [3.8, 4) is 17.3 Å². The molecule has 0 atom stereocenters. The third-order valence-corrected chi connectivity index (χ3v) is 4.56. The van der Waals surface area contributed by atoms with Crippen LogP contribution < -0.4 is 10.5 Å². The number of furan rings is 1. The summed E-state index contributed by atoms with van der Waals surface area (Å²) in [5.41, 5.74) is 8.22. The van der Waals surface area contributed by atoms with Crippen molar-refractivity contribution in [2.75, 3.05) is 5.73 Å². The predicted octanol–water partition coefficient (Wildman–Crippen LogP) is 3.53. The number of hydrogen-bond donors (Lipinski definition) is 1. The molecule has 0 aliphatic carbocycles. The topological polar surface area (TPSA) is 104 Å². The number of nitrogens with two attached hydrogens (primary N) is 1. The maximum absolute atomic E-state index is 6.06. The number of fused-ring (bicyclic) bond motifs is 1. The van der Waals surface area contributed by atoms with Crippen LogP contribution >= 0.6 is 0 Å². The van der Waals surface area contributed by atoms with Crippen LogP contribution in [0.25, 0.3) is 17.4 Å². The molecule has 0 saturated carbocycles. The molecule has 5 aromatic rings. The smallest absolute Gasteiger partial charge is 0.257 e. The fraction of sp³-hybridized carbons (Fsp3) is 0.0909. The van der Waals surface area contributed by atoms with E-state index in [1.807, 2.05) is 54.6 Å². The number of nitrogen functional groups attached to an aromatic ring is 1. The van der Waals surface area contributed by atoms with Crippen molar-refractivity contribution in [3.63, 3.8) is 0 Å². The Morgan fingerprint density at radius 3 is 2.47 bits per heavy atom. The van der Waals surface area contributed by atoms with E-state index in [-0.39, 0.29) is 5.95 Å². The molecule has 3 aromatic heterocycles. The molecule has 2 aromatic carbocycles. The second-order valence-corrected chi connectivity index (χ2v) is 6.72. The second-order valence-electron chi connectivity index (χ2n) is 6.72. The summed E-state index contributed by atoms with van der Waals surface area (Å²) < 4.78 is 12.6. The fourth-order valence-electron chi connectivity index (χ4n) is 3.07. The first-order chi connectivity index (χ1) is 14.7. The van der Waals surface area contributed by atoms with Gasteiger partial charge in [-0.1, -0.05) is 42.5 Å². The number of anilines is 1. The van der Waals surface area contributed by atoms with Crippen LogP contribution in [0.3, 0.4) is 0 Å². The van der Waals surface area contributed by atoms with Crippen molar-refractivity contribution in [1.82, 2.24) is 24.6 Å². The SMILES string of the molecule is Nc1nc(Cc2ccc(OCc3ccccc3)cc2)nc2nc(-c3ccco3)nn12. The lowest BCUT2D eigenvalue weighted by atomic mass is 10.1. The number of hydrogen-bond acceptors (Lipinski definition) is 7. The van der Waals surface area contributed by atoms with E-state index in [1.165, 1.54) is 4.52 Å². The highest BCUT2D eigenvalue weighted by molar-refractivity contribution is 5.51. The molecule has 2 N–H and O–H groups in total. The summed E-state index contributed by atoms with van der Waals surface area (Å²) in [5, 5.41) is 4.31. The Morgan fingerprint density at radius 2 is 1.70 bits per heavy atom. The van der Waals surface area contributed by atoms with Crippen LogP contribution in [0.5, 0.6) is 5.75 Å². The summed E-state index contributed by atoms with van der Waals surface area (Å²) >= 11 is 0. The summed E-state index contributed by atoms with van der Waals surface area (Å²) in [7, 11) is 0. The van der Waals surface area contributed by atoms with Crippen LogP contribution in [-0.4, -0.2) is 24.6 Å². The monoisotopic (exact) mass is 398 g/mol. The molecule has 0 aliphatic rings. The molecule has 30 heavy (non-hydrogen) atoms. The molecule has 148 valence electrons. The molecule has 8 heteroatoms. The van der Waals surface area contributed by atoms with Crippen LogP contribution in [0.15, 0.2) is 77.4 Å². The van der Waals surface area contributed by atoms with E-state index in [0.29, 0.717) is 36.2 Å². The molecule has 0 fully saturated rings. The zero-order valence-electron chi connectivity index (χ0n) is 16.0. The van der Waals surface area contributed by atoms with Gasteiger partial charge < -0.3 is 14.9 Å². The van der Waals surface area contributed by atoms with Crippen LogP contribution in [0.4, 0.5) is 5.95 Å². The number of nitrogens with zero attached hydrogens (tertiary/aromatic N) is 5. The van der Waals surface area contributed by atoms with Crippen molar-refractivity contribution < 1.29 is 9.15 Å². The average molecular weight is 398 g/mol. The molecule has 0 unspecified atom stereocenters. The first kappa shape index (κ1) is 17.9. The van der Waals surface area contributed by atoms with E-state index in [0.717, 1.165) is 16.9 Å². The Labute approximate surface area is 172 Å². The van der Waals surface area contributed by atoms with Crippen LogP contribution in [-0.2, 0) is 13.0 Å². The molecule has 8 nitrogen and oxygen atoms in total. The van der Waals surface area contributed by atoms with Crippen molar-refractivity contribution in [2.24, 2.45) is 0 Å². The van der Waals surface area contributed by atoms with Gasteiger partial charge in [-0.3, -0.25) is 0 Å². The molecular weight excluding hydrogens is 380 g/mol. The lowest BCUT2D eigenvalue weighted by Crippen LogP contribution is -2.08. The lowest BCUT2D eigenvalue weighted by Gasteiger charge is -2.07. The zero-order chi connectivity index (χ0) is 20.3. The van der Waals surface area contributed by atoms with Gasteiger partial charge in [-0.05, 0) is 35.4 Å². The van der Waals surface area contributed by atoms with Gasteiger partial charge in [-0.25, -0.2) is 0 Å². The van der Waals surface area contributed by atoms with Gasteiger partial charge in [-0.15, -0.1) is 5.10 Å². The van der Waals surface area contributed by atoms with Crippen LogP contribution in [0.1, 0.15) is 17.0 Å². The van der Waals surface area contributed by atoms with E-state index < -0.39 is 0 Å². The Hall–Kier alpha value is -4.20. The van der Waals surface area contributed by atoms with E-state index in [9.17, 15) is 0 Å². The number of rotatable bonds is 6. The molecule has 0 amide bonds. The highest BCUT2D eigenvalue weighted by Crippen LogP contribution is 2.19. The van der Waals surface area contributed by atoms with E-state index in [2.05, 4.69) is 20.1 Å². The summed E-state index contributed by atoms with van der Waals surface area (Å²) in [4.78, 5) is 13.2. The molecule has 0 bridgehead atoms. The molecule has 0 aliphatic heterocycles. The zero-order valence-corrected chi connectivity index (χ0v) is 16.0. The Bertz CT molecular complexity index is 1260. The summed E-state index contributed by atoms with van der Waals surface area (Å²) in [5.74, 6) is 2.94. The summed E-state index contributed by atoms with van der Waals surface area (Å²) in [6, 6.07) is 21.5. The Balaban J connectivity index is 1.31. The van der Waals surface area contributed by atoms with Gasteiger partial charge in [0.25, 0.3) is 5.78 Å². The fourth-order valence-corrected chi connectivity index (χ4v) is 3.07. The molecule has 5 rings (SSSR count). The Morgan fingerprint density at radius 1 is 0.867 bits per heavy atom. The minimum atomic E-state index is 0.225. The maximum Gasteiger partial charge on any atom is 0.257 e. The number of aromatic nitrogens is 5. The van der Waals surface area contributed by atoms with E-state index in [4.69, 9.17) is 14.9 Å². The first-order valence-electron chi connectivity index (χ1n) is 9.43. The third-order valence-electron chi connectivity index (χ3n) is 4.56. The molecular formula is C22H18N6O2. The van der Waals surface area contributed by atoms with Gasteiger partial charge in [0, 0.05) is 6.42 Å². The molecule has 0 saturated heterocycles. The normalized spacial score (nSPS) is 11.1. The van der Waals surface area contributed by atoms with Crippen LogP contribution in [0.2, 0.25) is 0 Å². The molecule has 0 spiro atoms. The van der Waals surface area contributed by atoms with E-state index >= 15 is 0 Å². The first-order valence-corrected chi connectivity index (χ1v) is 9.43. The molecule has 3 heterocycles. The van der Waals surface area contributed by atoms with Gasteiger partial charge in [0.15, 0.2) is 5.76 Å². The van der Waals surface area contributed by atoms with Gasteiger partial charge in [0.2, 0.25) is 11.8 Å². The van der Waals surface area contributed by atoms with Crippen molar-refractivity contribution >= 4 is 11.7 Å². The van der Waals surface area contributed by atoms with Gasteiger partial charge >= 0.3 is 0 Å². The van der Waals surface area contributed by atoms with Crippen molar-refractivity contribution in [3.05, 3.63) is 89.9 Å². The van der Waals surface area contributed by atoms with E-state index in [1.54, 1.807) is 18.4 Å². The second kappa shape index (κ2) is 7.67. The predicted molar refractivity (Wildman–Crippen MR) is 111 cm³/mol. The number of ether oxygens (including phenoxy) is 1. The standard InChI is InChI=1S/C22H18N6O2/c23-21-24-19(25-22-26-20(27-28(21)22)18-7-4-12-29-18)13-15-8-10-17(11-9-15)30-14-16-5-2-1-3-6-16/h1-12H,13-14H2,(H2,23,24,25,26,27). The highest BCUT2D eigenvalue weighted by Gasteiger charge is 2.14. The lowest BCUT2D eigenvalue weighted by molar-refractivity contribution is 0.306. The highest BCUT2D eigenvalue weighted by atomic mass is 16.5. The third kappa shape index (κ3) is 3.70. The number of benzene rings is 2. The van der Waals surface area contributed by atoms with Crippen molar-refractivity contribution in [1.29, 1.82) is 0 Å². The molecule has 0 radical (unpaired) electrons. The van der Waals surface area contributed by atoms with Crippen LogP contribution in [0, 0.1) is 0 Å². The summed E-state index contributed by atoms with van der Waals surface area (Å²) in [6.07, 6.45) is 2.08. The minimum Gasteiger partial charge on any atom is -0.489 e. The van der Waals surface area contributed by atoms with Gasteiger partial charge in [0.05, 0.1) is 6.26 Å². The van der Waals surface area contributed by atoms with Gasteiger partial charge in [0.1, 0.15) is 18.2 Å². The summed E-state index contributed by atoms with van der Waals surface area (Å²) in [6.45, 7) is 0.529. The van der Waals surface area contributed by atoms with Gasteiger partial charge in [-0.2, -0.15) is 19.5 Å². The quantitative estimate of drug-likeness (QED) is 0.466.